The van der Waals surface area contributed by atoms with Gasteiger partial charge in [-0.05, 0) is 19.4 Å². The molecule has 1 rings (SSSR count). The molecular weight excluding hydrogens is 146 g/mol. The molecule has 0 amide bonds. The smallest absolute Gasteiger partial charge is 0.0628 e. The van der Waals surface area contributed by atoms with Crippen molar-refractivity contribution in [3.05, 3.63) is 0 Å². The van der Waals surface area contributed by atoms with Crippen LogP contribution in [0.5, 0.6) is 0 Å². The van der Waals surface area contributed by atoms with Crippen LogP contribution in [-0.4, -0.2) is 42.6 Å². The van der Waals surface area contributed by atoms with Crippen molar-refractivity contribution in [2.75, 3.05) is 32.3 Å². The molecule has 1 fully saturated rings. The first-order valence-electron chi connectivity index (χ1n) is 3.73. The monoisotopic (exact) mass is 163 g/mol. The van der Waals surface area contributed by atoms with E-state index < -0.39 is 0 Å². The average molecular weight is 163 g/mol. The summed E-state index contributed by atoms with van der Waals surface area (Å²) < 4.78 is 7.87. The lowest BCUT2D eigenvalue weighted by Gasteiger charge is -2.37. The van der Waals surface area contributed by atoms with Crippen LogP contribution >= 0.6 is 11.1 Å². The van der Waals surface area contributed by atoms with Crippen molar-refractivity contribution < 1.29 is 4.74 Å². The van der Waals surface area contributed by atoms with Crippen molar-refractivity contribution >= 4 is 11.1 Å². The van der Waals surface area contributed by atoms with E-state index in [2.05, 4.69) is 23.7 Å². The number of ether oxygens (including phenoxy) is 1. The lowest BCUT2D eigenvalue weighted by molar-refractivity contribution is 0.0433. The summed E-state index contributed by atoms with van der Waals surface area (Å²) >= 11 is 0.0953. The number of hydrogen-bond donors (Lipinski definition) is 1. The highest BCUT2D eigenvalue weighted by atomic mass is 32.2. The molecule has 1 saturated heterocycles. The van der Waals surface area contributed by atoms with Crippen molar-refractivity contribution in [2.24, 2.45) is 0 Å². The molecule has 0 aromatic carbocycles. The number of thiol groups is 1. The topological polar surface area (TPSA) is 12.5 Å². The van der Waals surface area contributed by atoms with Gasteiger partial charge in [-0.15, -0.1) is 0 Å². The summed E-state index contributed by atoms with van der Waals surface area (Å²) in [6, 6.07) is 0.634. The quantitative estimate of drug-likeness (QED) is 0.576. The number of hydrogen-bond acceptors (Lipinski definition) is 2. The molecule has 0 aliphatic carbocycles. The Hall–Kier alpha value is 0.270. The molecule has 3 heteroatoms. The minimum Gasteiger partial charge on any atom is -0.378 e. The molecule has 1 aliphatic rings. The molecule has 0 aromatic heterocycles. The predicted molar refractivity (Wildman–Crippen MR) is 47.8 cm³/mol. The van der Waals surface area contributed by atoms with Crippen LogP contribution in [0.15, 0.2) is 0 Å². The van der Waals surface area contributed by atoms with Gasteiger partial charge in [0.1, 0.15) is 0 Å². The van der Waals surface area contributed by atoms with Crippen LogP contribution in [-0.2, 0) is 4.74 Å². The van der Waals surface area contributed by atoms with Crippen molar-refractivity contribution in [3.63, 3.8) is 0 Å². The van der Waals surface area contributed by atoms with Gasteiger partial charge in [0.05, 0.1) is 13.2 Å². The molecule has 0 radical (unpaired) electrons. The van der Waals surface area contributed by atoms with Crippen LogP contribution in [0.3, 0.4) is 0 Å². The van der Waals surface area contributed by atoms with Gasteiger partial charge in [0, 0.05) is 12.6 Å². The van der Waals surface area contributed by atoms with Crippen LogP contribution in [0, 0.1) is 0 Å². The molecule has 0 bridgehead atoms. The predicted octanol–water partition coefficient (Wildman–Crippen LogP) is 0.883. The first kappa shape index (κ1) is 8.37. The molecule has 1 atom stereocenters. The van der Waals surface area contributed by atoms with E-state index in [0.29, 0.717) is 6.04 Å². The van der Waals surface area contributed by atoms with Crippen LogP contribution in [0.25, 0.3) is 0 Å². The summed E-state index contributed by atoms with van der Waals surface area (Å²) in [6.07, 6.45) is 4.61. The Labute approximate surface area is 66.0 Å². The molecule has 0 N–H and O–H groups in total. The fourth-order valence-electron chi connectivity index (χ4n) is 1.31. The molecule has 0 saturated carbocycles. The zero-order chi connectivity index (χ0) is 7.56. The molecule has 1 heterocycles. The Morgan fingerprint density at radius 1 is 1.50 bits per heavy atom. The molecular formula is C7H17NOS. The molecule has 62 valence electrons. The van der Waals surface area contributed by atoms with Gasteiger partial charge in [0.15, 0.2) is 0 Å². The highest BCUT2D eigenvalue weighted by molar-refractivity contribution is 8.13. The Morgan fingerprint density at radius 2 is 2.20 bits per heavy atom. The van der Waals surface area contributed by atoms with Crippen molar-refractivity contribution in [3.8, 4) is 0 Å². The molecule has 2 nitrogen and oxygen atoms in total. The first-order chi connectivity index (χ1) is 4.72. The minimum absolute atomic E-state index is 0.0953. The molecule has 0 spiro atoms. The Balaban J connectivity index is 2.40. The number of morpholine rings is 1. The van der Waals surface area contributed by atoms with E-state index in [1.807, 2.05) is 0 Å². The van der Waals surface area contributed by atoms with E-state index >= 15 is 0 Å². The Bertz CT molecular complexity index is 108. The fourth-order valence-corrected chi connectivity index (χ4v) is 2.65. The molecule has 0 unspecified atom stereocenters. The molecule has 1 aliphatic heterocycles. The second-order valence-electron chi connectivity index (χ2n) is 2.93. The van der Waals surface area contributed by atoms with Gasteiger partial charge in [-0.1, -0.05) is 0 Å². The second-order valence-corrected chi connectivity index (χ2v) is 5.14. The Kier molecular flexibility index (Phi) is 3.01. The summed E-state index contributed by atoms with van der Waals surface area (Å²) in [5, 5.41) is 0. The summed E-state index contributed by atoms with van der Waals surface area (Å²) in [5.74, 6) is 0. The normalized spacial score (nSPS) is 30.3. The van der Waals surface area contributed by atoms with Crippen molar-refractivity contribution in [1.29, 1.82) is 0 Å². The van der Waals surface area contributed by atoms with Gasteiger partial charge in [0.2, 0.25) is 0 Å². The standard InChI is InChI=1S/C7H17NOS/c1-7-6-9-5-4-8(7)10(2)3/h7,10H,4-6H2,1-3H3/t7-/m0/s1. The minimum atomic E-state index is 0.0953. The van der Waals surface area contributed by atoms with E-state index in [1.165, 1.54) is 0 Å². The van der Waals surface area contributed by atoms with Gasteiger partial charge in [-0.2, -0.15) is 0 Å². The largest absolute Gasteiger partial charge is 0.378 e. The van der Waals surface area contributed by atoms with E-state index in [4.69, 9.17) is 4.74 Å². The fraction of sp³-hybridized carbons (Fsp3) is 1.00. The second kappa shape index (κ2) is 3.60. The summed E-state index contributed by atoms with van der Waals surface area (Å²) in [7, 11) is 0. The summed E-state index contributed by atoms with van der Waals surface area (Å²) in [6.45, 7) is 5.20. The molecule has 10 heavy (non-hydrogen) atoms. The summed E-state index contributed by atoms with van der Waals surface area (Å²) in [5.41, 5.74) is 0. The third-order valence-corrected chi connectivity index (χ3v) is 3.47. The van der Waals surface area contributed by atoms with Gasteiger partial charge in [-0.3, -0.25) is 4.31 Å². The van der Waals surface area contributed by atoms with Crippen LogP contribution in [0.2, 0.25) is 0 Å². The third kappa shape index (κ3) is 1.87. The maximum absolute atomic E-state index is 5.33. The third-order valence-electron chi connectivity index (χ3n) is 1.85. The van der Waals surface area contributed by atoms with Crippen LogP contribution in [0.1, 0.15) is 6.92 Å². The highest BCUT2D eigenvalue weighted by Crippen LogP contribution is 2.25. The van der Waals surface area contributed by atoms with E-state index in [0.717, 1.165) is 19.8 Å². The van der Waals surface area contributed by atoms with E-state index in [9.17, 15) is 0 Å². The zero-order valence-corrected chi connectivity index (χ0v) is 7.90. The maximum atomic E-state index is 5.33. The number of nitrogens with zero attached hydrogens (tertiary/aromatic N) is 1. The van der Waals surface area contributed by atoms with Gasteiger partial charge >= 0.3 is 0 Å². The van der Waals surface area contributed by atoms with Gasteiger partial charge < -0.3 is 4.74 Å². The Morgan fingerprint density at radius 3 is 2.60 bits per heavy atom. The van der Waals surface area contributed by atoms with E-state index in [-0.39, 0.29) is 11.1 Å². The van der Waals surface area contributed by atoms with Crippen LogP contribution < -0.4 is 0 Å². The first-order valence-corrected chi connectivity index (χ1v) is 5.92. The van der Waals surface area contributed by atoms with Crippen molar-refractivity contribution in [1.82, 2.24) is 4.31 Å². The number of rotatable bonds is 1. The SMILES string of the molecule is C[C@H]1COCCN1[SH](C)C. The van der Waals surface area contributed by atoms with Gasteiger partial charge in [-0.25, -0.2) is 11.1 Å². The zero-order valence-electron chi connectivity index (χ0n) is 7.00. The van der Waals surface area contributed by atoms with Crippen LogP contribution in [0.4, 0.5) is 0 Å². The van der Waals surface area contributed by atoms with Crippen molar-refractivity contribution in [2.45, 2.75) is 13.0 Å². The summed E-state index contributed by atoms with van der Waals surface area (Å²) in [4.78, 5) is 0. The highest BCUT2D eigenvalue weighted by Gasteiger charge is 2.18. The van der Waals surface area contributed by atoms with Gasteiger partial charge in [0.25, 0.3) is 0 Å². The lowest BCUT2D eigenvalue weighted by Crippen LogP contribution is -2.40. The van der Waals surface area contributed by atoms with E-state index in [1.54, 1.807) is 0 Å². The lowest BCUT2D eigenvalue weighted by atomic mass is 10.3. The molecule has 0 aromatic rings. The average Bonchev–Trinajstić information content (AvgIpc) is 1.88. The maximum Gasteiger partial charge on any atom is 0.0628 e.